The van der Waals surface area contributed by atoms with Gasteiger partial charge in [-0.05, 0) is 97.8 Å². The van der Waals surface area contributed by atoms with Gasteiger partial charge in [0.2, 0.25) is 0 Å². The Balaban J connectivity index is 0.000000194. The average molecular weight is 1030 g/mol. The Hall–Kier alpha value is -7.24. The van der Waals surface area contributed by atoms with E-state index in [2.05, 4.69) is 27.5 Å². The smallest absolute Gasteiger partial charge is 0.390 e. The summed E-state index contributed by atoms with van der Waals surface area (Å²) in [6, 6.07) is 27.3. The van der Waals surface area contributed by atoms with Crippen LogP contribution in [0.3, 0.4) is 0 Å². The molecule has 4 aromatic heterocycles. The summed E-state index contributed by atoms with van der Waals surface area (Å²) < 4.78 is 91.9. The van der Waals surface area contributed by atoms with Crippen LogP contribution < -0.4 is 20.1 Å². The summed E-state index contributed by atoms with van der Waals surface area (Å²) in [6.07, 6.45) is -1.26. The molecule has 1 aliphatic rings. The van der Waals surface area contributed by atoms with Crippen LogP contribution in [-0.4, -0.2) is 61.1 Å². The van der Waals surface area contributed by atoms with E-state index in [0.29, 0.717) is 90.2 Å². The van der Waals surface area contributed by atoms with Gasteiger partial charge >= 0.3 is 18.3 Å². The molecular weight excluding hydrogens is 986 g/mol. The molecule has 72 heavy (non-hydrogen) atoms. The molecule has 374 valence electrons. The van der Waals surface area contributed by atoms with Gasteiger partial charge in [-0.15, -0.1) is 0 Å². The number of aromatic carboxylic acids is 1. The van der Waals surface area contributed by atoms with Crippen LogP contribution in [0.25, 0.3) is 33.8 Å². The molecule has 4 heterocycles. The number of benzene rings is 4. The highest BCUT2D eigenvalue weighted by Gasteiger charge is 2.39. The number of hydrogen-bond acceptors (Lipinski definition) is 8. The van der Waals surface area contributed by atoms with Crippen molar-refractivity contribution < 1.29 is 50.5 Å². The number of rotatable bonds is 16. The molecule has 0 bridgehead atoms. The Morgan fingerprint density at radius 3 is 1.49 bits per heavy atom. The number of ketones is 1. The topological polar surface area (TPSA) is 131 Å². The summed E-state index contributed by atoms with van der Waals surface area (Å²) in [6.45, 7) is 5.09. The van der Waals surface area contributed by atoms with Gasteiger partial charge in [-0.2, -0.15) is 26.3 Å². The number of carbonyl (C=O) groups excluding carboxylic acids is 1. The zero-order valence-electron chi connectivity index (χ0n) is 38.9. The fourth-order valence-corrected chi connectivity index (χ4v) is 8.37. The number of anilines is 2. The van der Waals surface area contributed by atoms with Crippen molar-refractivity contribution in [3.8, 4) is 45.5 Å². The Morgan fingerprint density at radius 1 is 0.653 bits per heavy atom. The number of carboxylic acids is 1. The van der Waals surface area contributed by atoms with Crippen LogP contribution in [0.4, 0.5) is 37.7 Å². The van der Waals surface area contributed by atoms with Gasteiger partial charge < -0.3 is 25.2 Å². The third kappa shape index (κ3) is 12.8. The minimum Gasteiger partial charge on any atom is -0.478 e. The summed E-state index contributed by atoms with van der Waals surface area (Å²) in [5.41, 5.74) is 6.90. The van der Waals surface area contributed by atoms with E-state index in [0.717, 1.165) is 24.0 Å². The molecule has 4 aromatic carbocycles. The van der Waals surface area contributed by atoms with Gasteiger partial charge in [0.1, 0.15) is 23.0 Å². The van der Waals surface area contributed by atoms with Crippen molar-refractivity contribution in [1.82, 2.24) is 18.8 Å². The van der Waals surface area contributed by atoms with Crippen molar-refractivity contribution in [2.24, 2.45) is 5.41 Å². The highest BCUT2D eigenvalue weighted by atomic mass is 35.5. The molecule has 0 amide bonds. The average Bonchev–Trinajstić information content (AvgIpc) is 3.63. The first-order valence-electron chi connectivity index (χ1n) is 22.6. The van der Waals surface area contributed by atoms with Gasteiger partial charge in [0, 0.05) is 58.4 Å². The standard InChI is InChI=1S/C29H27ClF3N3O2.C24H19ClF3N3O3/c1-18-12-19(6-7-23(18)26(37)15-28(2)8-9-28)25-16-35-27-24(34-11-10-29(31,32)33)14-22(17-36(25)27)38-21-5-3-4-20(30)13-21;1-14-9-15(5-6-19(14)23(32)33)21-12-30-22-20(29-8-7-24(26,27)28)11-18(13-31(21)22)34-17-4-2-3-16(25)10-17/h3-7,12-14,16-17,34H,8-11,15H2,1-2H3;2-6,9-13,29H,7-8H2,1H3,(H,32,33). The van der Waals surface area contributed by atoms with E-state index in [4.69, 9.17) is 32.7 Å². The number of halogens is 8. The highest BCUT2D eigenvalue weighted by molar-refractivity contribution is 6.31. The fourth-order valence-electron chi connectivity index (χ4n) is 8.01. The van der Waals surface area contributed by atoms with Crippen LogP contribution in [0.15, 0.2) is 122 Å². The molecule has 0 unspecified atom stereocenters. The molecule has 0 atom stereocenters. The van der Waals surface area contributed by atoms with Gasteiger partial charge in [-0.1, -0.05) is 60.5 Å². The monoisotopic (exact) mass is 1030 g/mol. The predicted octanol–water partition coefficient (Wildman–Crippen LogP) is 15.3. The lowest BCUT2D eigenvalue weighted by atomic mass is 9.93. The molecule has 9 rings (SSSR count). The molecule has 0 aliphatic heterocycles. The summed E-state index contributed by atoms with van der Waals surface area (Å²) in [5.74, 6) is 0.799. The maximum absolute atomic E-state index is 12.9. The van der Waals surface area contributed by atoms with Gasteiger partial charge in [0.25, 0.3) is 0 Å². The minimum atomic E-state index is -4.30. The van der Waals surface area contributed by atoms with Gasteiger partial charge in [-0.25, -0.2) is 14.8 Å². The van der Waals surface area contributed by atoms with E-state index >= 15 is 0 Å². The van der Waals surface area contributed by atoms with Crippen LogP contribution in [0.1, 0.15) is 70.9 Å². The predicted molar refractivity (Wildman–Crippen MR) is 265 cm³/mol. The Morgan fingerprint density at radius 2 is 1.10 bits per heavy atom. The molecule has 11 nitrogen and oxygen atoms in total. The van der Waals surface area contributed by atoms with Gasteiger partial charge in [-0.3, -0.25) is 13.6 Å². The number of pyridine rings is 2. The molecule has 0 spiro atoms. The Bertz CT molecular complexity index is 3310. The lowest BCUT2D eigenvalue weighted by molar-refractivity contribution is -0.132. The van der Waals surface area contributed by atoms with E-state index in [1.807, 2.05) is 25.1 Å². The number of carboxylic acid groups (broad SMARTS) is 1. The first kappa shape index (κ1) is 51.1. The molecule has 8 aromatic rings. The molecule has 1 aliphatic carbocycles. The SMILES string of the molecule is Cc1cc(-c2cnc3c(NCCC(F)(F)F)cc(Oc4cccc(Cl)c4)cn23)ccc1C(=O)CC1(C)CC1.Cc1cc(-c2cnc3c(NCCC(F)(F)F)cc(Oc4cccc(Cl)c4)cn23)ccc1C(=O)O. The number of fused-ring (bicyclic) bond motifs is 2. The summed E-state index contributed by atoms with van der Waals surface area (Å²) >= 11 is 12.1. The van der Waals surface area contributed by atoms with E-state index in [9.17, 15) is 41.0 Å². The van der Waals surface area contributed by atoms with Gasteiger partial charge in [0.05, 0.1) is 66.0 Å². The quantitative estimate of drug-likeness (QED) is 0.0639. The molecule has 19 heteroatoms. The van der Waals surface area contributed by atoms with Crippen LogP contribution in [0.5, 0.6) is 23.0 Å². The largest absolute Gasteiger partial charge is 0.478 e. The third-order valence-electron chi connectivity index (χ3n) is 11.9. The summed E-state index contributed by atoms with van der Waals surface area (Å²) in [4.78, 5) is 33.1. The maximum atomic E-state index is 12.9. The van der Waals surface area contributed by atoms with E-state index in [1.165, 1.54) is 6.07 Å². The third-order valence-corrected chi connectivity index (χ3v) is 12.4. The zero-order valence-corrected chi connectivity index (χ0v) is 40.4. The number of Topliss-reactive ketones (excluding diaryl/α,β-unsaturated/α-hetero) is 1. The fraction of sp³-hybridized carbons (Fsp3) is 0.245. The van der Waals surface area contributed by atoms with Crippen molar-refractivity contribution in [1.29, 1.82) is 0 Å². The normalized spacial score (nSPS) is 13.1. The van der Waals surface area contributed by atoms with Crippen molar-refractivity contribution in [2.45, 2.75) is 65.2 Å². The number of nitrogens with one attached hydrogen (secondary N) is 2. The molecule has 0 saturated heterocycles. The Kier molecular flexibility index (Phi) is 14.8. The highest BCUT2D eigenvalue weighted by Crippen LogP contribution is 2.49. The minimum absolute atomic E-state index is 0.124. The lowest BCUT2D eigenvalue weighted by Crippen LogP contribution is -2.15. The van der Waals surface area contributed by atoms with E-state index in [-0.39, 0.29) is 29.9 Å². The summed E-state index contributed by atoms with van der Waals surface area (Å²) in [5, 5.41) is 15.9. The number of imidazole rings is 2. The number of nitrogens with zero attached hydrogens (tertiary/aromatic N) is 4. The number of alkyl halides is 6. The maximum Gasteiger partial charge on any atom is 0.390 e. The van der Waals surface area contributed by atoms with E-state index < -0.39 is 31.2 Å². The van der Waals surface area contributed by atoms with Crippen LogP contribution >= 0.6 is 23.2 Å². The summed E-state index contributed by atoms with van der Waals surface area (Å²) in [7, 11) is 0. The van der Waals surface area contributed by atoms with Crippen LogP contribution in [0.2, 0.25) is 10.0 Å². The van der Waals surface area contributed by atoms with Crippen molar-refractivity contribution in [3.63, 3.8) is 0 Å². The van der Waals surface area contributed by atoms with Crippen molar-refractivity contribution in [2.75, 3.05) is 23.7 Å². The first-order chi connectivity index (χ1) is 34.1. The number of ether oxygens (including phenoxy) is 2. The molecule has 1 fully saturated rings. The molecular formula is C53H46Cl2F6N6O5. The van der Waals surface area contributed by atoms with Crippen molar-refractivity contribution >= 4 is 57.6 Å². The second kappa shape index (κ2) is 20.8. The molecule has 1 saturated carbocycles. The second-order valence-electron chi connectivity index (χ2n) is 17.8. The van der Waals surface area contributed by atoms with Crippen LogP contribution in [-0.2, 0) is 0 Å². The second-order valence-corrected chi connectivity index (χ2v) is 18.7. The Labute approximate surface area is 419 Å². The van der Waals surface area contributed by atoms with E-state index in [1.54, 1.807) is 113 Å². The lowest BCUT2D eigenvalue weighted by Gasteiger charge is -2.14. The molecule has 0 radical (unpaired) electrons. The van der Waals surface area contributed by atoms with Crippen molar-refractivity contribution in [3.05, 3.63) is 154 Å². The number of aromatic nitrogens is 4. The first-order valence-corrected chi connectivity index (χ1v) is 23.3. The van der Waals surface area contributed by atoms with Gasteiger partial charge in [0.15, 0.2) is 17.1 Å². The van der Waals surface area contributed by atoms with Crippen LogP contribution in [0, 0.1) is 19.3 Å². The number of hydrogen-bond donors (Lipinski definition) is 3. The zero-order chi connectivity index (χ0) is 51.5. The number of aryl methyl sites for hydroxylation is 2. The number of carbonyl (C=O) groups is 2. The molecule has 3 N–H and O–H groups in total.